The van der Waals surface area contributed by atoms with Gasteiger partial charge in [0.15, 0.2) is 0 Å². The molecule has 0 unspecified atom stereocenters. The summed E-state index contributed by atoms with van der Waals surface area (Å²) in [5.74, 6) is 0.171. The van der Waals surface area contributed by atoms with Gasteiger partial charge in [0.25, 0.3) is 0 Å². The first-order valence-corrected chi connectivity index (χ1v) is 11.1. The zero-order chi connectivity index (χ0) is 21.3. The van der Waals surface area contributed by atoms with Gasteiger partial charge in [-0.3, -0.25) is 4.79 Å². The predicted molar refractivity (Wildman–Crippen MR) is 108 cm³/mol. The first-order chi connectivity index (χ1) is 12.9. The third kappa shape index (κ3) is 4.50. The second kappa shape index (κ2) is 8.39. The number of hydrogen-bond donors (Lipinski definition) is 2. The minimum atomic E-state index is -3.93. The second-order valence-electron chi connectivity index (χ2n) is 8.03. The van der Waals surface area contributed by atoms with E-state index in [1.54, 1.807) is 13.8 Å². The van der Waals surface area contributed by atoms with Crippen LogP contribution < -0.4 is 15.2 Å². The van der Waals surface area contributed by atoms with E-state index >= 15 is 0 Å². The van der Waals surface area contributed by atoms with Crippen LogP contribution in [0.1, 0.15) is 55.4 Å². The summed E-state index contributed by atoms with van der Waals surface area (Å²) in [5, 5.41) is 0. The highest BCUT2D eigenvalue weighted by Crippen LogP contribution is 2.43. The number of hydrogen-bond acceptors (Lipinski definition) is 6. The van der Waals surface area contributed by atoms with Gasteiger partial charge in [0, 0.05) is 12.0 Å². The van der Waals surface area contributed by atoms with Crippen LogP contribution in [0.2, 0.25) is 0 Å². The third-order valence-corrected chi connectivity index (χ3v) is 7.04. The molecule has 0 radical (unpaired) electrons. The van der Waals surface area contributed by atoms with Crippen LogP contribution in [0.5, 0.6) is 5.75 Å². The van der Waals surface area contributed by atoms with Crippen molar-refractivity contribution in [1.82, 2.24) is 4.72 Å². The number of nitrogens with one attached hydrogen (secondary N) is 1. The lowest BCUT2D eigenvalue weighted by molar-refractivity contribution is -0.142. The monoisotopic (exact) mass is 412 g/mol. The number of ether oxygens (including phenoxy) is 2. The lowest BCUT2D eigenvalue weighted by atomic mass is 9.94. The molecule has 1 heterocycles. The lowest BCUT2D eigenvalue weighted by Gasteiger charge is -2.21. The Labute approximate surface area is 168 Å². The van der Waals surface area contributed by atoms with Gasteiger partial charge in [-0.1, -0.05) is 6.42 Å². The maximum atomic E-state index is 13.3. The van der Waals surface area contributed by atoms with E-state index in [1.165, 1.54) is 7.11 Å². The lowest BCUT2D eigenvalue weighted by Crippen LogP contribution is -2.42. The fourth-order valence-electron chi connectivity index (χ4n) is 3.75. The minimum Gasteiger partial charge on any atom is -0.487 e. The van der Waals surface area contributed by atoms with E-state index in [2.05, 4.69) is 4.72 Å². The standard InChI is InChI=1S/C20H32N2O5S/c1-12-13(2)18(14(3)15-11-20(4,5)27-17(12)15)28(24,25)22-16(19(23)26-6)9-7-8-10-21/h16,22H,7-11,21H2,1-6H3/t16-/m0/s1. The van der Waals surface area contributed by atoms with Crippen LogP contribution >= 0.6 is 0 Å². The van der Waals surface area contributed by atoms with Gasteiger partial charge in [-0.25, -0.2) is 8.42 Å². The van der Waals surface area contributed by atoms with Crippen LogP contribution in [-0.4, -0.2) is 39.7 Å². The molecule has 0 aliphatic carbocycles. The summed E-state index contributed by atoms with van der Waals surface area (Å²) in [7, 11) is -2.68. The molecule has 8 heteroatoms. The molecular weight excluding hydrogens is 380 g/mol. The number of nitrogens with two attached hydrogens (primary N) is 1. The Hall–Kier alpha value is -1.64. The summed E-state index contributed by atoms with van der Waals surface area (Å²) in [6.45, 7) is 9.89. The number of fused-ring (bicyclic) bond motifs is 1. The number of unbranched alkanes of at least 4 members (excludes halogenated alkanes) is 1. The average molecular weight is 413 g/mol. The maximum absolute atomic E-state index is 13.3. The quantitative estimate of drug-likeness (QED) is 0.501. The molecule has 158 valence electrons. The van der Waals surface area contributed by atoms with Crippen molar-refractivity contribution in [1.29, 1.82) is 0 Å². The number of carbonyl (C=O) groups excluding carboxylic acids is 1. The molecule has 1 aliphatic rings. The summed E-state index contributed by atoms with van der Waals surface area (Å²) < 4.78 is 39.9. The molecule has 0 saturated heterocycles. The van der Waals surface area contributed by atoms with Gasteiger partial charge in [-0.05, 0) is 70.7 Å². The Bertz CT molecular complexity index is 862. The van der Waals surface area contributed by atoms with Crippen LogP contribution in [0.15, 0.2) is 4.90 Å². The van der Waals surface area contributed by atoms with Crippen molar-refractivity contribution < 1.29 is 22.7 Å². The number of sulfonamides is 1. The van der Waals surface area contributed by atoms with Crippen LogP contribution in [0.4, 0.5) is 0 Å². The number of benzene rings is 1. The van der Waals surface area contributed by atoms with E-state index in [4.69, 9.17) is 15.2 Å². The Morgan fingerprint density at radius 2 is 1.86 bits per heavy atom. The molecule has 0 aromatic heterocycles. The zero-order valence-electron chi connectivity index (χ0n) is 17.6. The Kier molecular flexibility index (Phi) is 6.78. The predicted octanol–water partition coefficient (Wildman–Crippen LogP) is 2.27. The highest BCUT2D eigenvalue weighted by atomic mass is 32.2. The molecule has 1 atom stereocenters. The molecule has 1 aromatic carbocycles. The largest absolute Gasteiger partial charge is 0.487 e. The minimum absolute atomic E-state index is 0.220. The zero-order valence-corrected chi connectivity index (χ0v) is 18.5. The molecular formula is C20H32N2O5S. The van der Waals surface area contributed by atoms with Crippen LogP contribution in [-0.2, 0) is 26.0 Å². The first kappa shape index (κ1) is 22.6. The molecule has 2 rings (SSSR count). The molecule has 7 nitrogen and oxygen atoms in total. The number of rotatable bonds is 8. The Balaban J connectivity index is 2.45. The van der Waals surface area contributed by atoms with Crippen LogP contribution in [0, 0.1) is 20.8 Å². The second-order valence-corrected chi connectivity index (χ2v) is 9.68. The Morgan fingerprint density at radius 1 is 1.21 bits per heavy atom. The van der Waals surface area contributed by atoms with E-state index in [9.17, 15) is 13.2 Å². The Morgan fingerprint density at radius 3 is 2.43 bits per heavy atom. The number of esters is 1. The molecule has 3 N–H and O–H groups in total. The van der Waals surface area contributed by atoms with Crippen LogP contribution in [0.25, 0.3) is 0 Å². The van der Waals surface area contributed by atoms with E-state index in [-0.39, 0.29) is 10.5 Å². The van der Waals surface area contributed by atoms with Gasteiger partial charge in [-0.15, -0.1) is 0 Å². The van der Waals surface area contributed by atoms with E-state index in [0.717, 1.165) is 16.9 Å². The summed E-state index contributed by atoms with van der Waals surface area (Å²) in [6.07, 6.45) is 2.30. The smallest absolute Gasteiger partial charge is 0.323 e. The molecule has 0 spiro atoms. The van der Waals surface area contributed by atoms with E-state index < -0.39 is 22.0 Å². The number of carbonyl (C=O) groups is 1. The fourth-order valence-corrected chi connectivity index (χ4v) is 5.54. The summed E-state index contributed by atoms with van der Waals surface area (Å²) in [4.78, 5) is 12.3. The van der Waals surface area contributed by atoms with Gasteiger partial charge in [0.05, 0.1) is 12.0 Å². The SMILES string of the molecule is COC(=O)[C@H](CCCCN)NS(=O)(=O)c1c(C)c(C)c2c(c1C)CC(C)(C)O2. The normalized spacial score (nSPS) is 16.4. The third-order valence-electron chi connectivity index (χ3n) is 5.29. The topological polar surface area (TPSA) is 108 Å². The summed E-state index contributed by atoms with van der Waals surface area (Å²) in [5.41, 5.74) is 8.15. The van der Waals surface area contributed by atoms with Crippen molar-refractivity contribution in [3.8, 4) is 5.75 Å². The van der Waals surface area contributed by atoms with Crippen molar-refractivity contribution in [3.05, 3.63) is 22.3 Å². The molecule has 1 aliphatic heterocycles. The van der Waals surface area contributed by atoms with Crippen molar-refractivity contribution in [2.75, 3.05) is 13.7 Å². The van der Waals surface area contributed by atoms with Crippen molar-refractivity contribution in [3.63, 3.8) is 0 Å². The molecule has 0 bridgehead atoms. The van der Waals surface area contributed by atoms with Crippen molar-refractivity contribution in [2.24, 2.45) is 5.73 Å². The van der Waals surface area contributed by atoms with Gasteiger partial charge in [-0.2, -0.15) is 4.72 Å². The van der Waals surface area contributed by atoms with E-state index in [0.29, 0.717) is 43.4 Å². The molecule has 0 fully saturated rings. The summed E-state index contributed by atoms with van der Waals surface area (Å²) in [6, 6.07) is -0.943. The fraction of sp³-hybridized carbons (Fsp3) is 0.650. The van der Waals surface area contributed by atoms with E-state index in [1.807, 2.05) is 20.8 Å². The first-order valence-electron chi connectivity index (χ1n) is 9.57. The molecule has 0 amide bonds. The van der Waals surface area contributed by atoms with Crippen molar-refractivity contribution >= 4 is 16.0 Å². The van der Waals surface area contributed by atoms with Crippen LogP contribution in [0.3, 0.4) is 0 Å². The highest BCUT2D eigenvalue weighted by Gasteiger charge is 2.37. The van der Waals surface area contributed by atoms with Crippen molar-refractivity contribution in [2.45, 2.75) is 76.8 Å². The molecule has 28 heavy (non-hydrogen) atoms. The highest BCUT2D eigenvalue weighted by molar-refractivity contribution is 7.89. The van der Waals surface area contributed by atoms with Gasteiger partial charge in [0.2, 0.25) is 10.0 Å². The number of methoxy groups -OCH3 is 1. The molecule has 1 aromatic rings. The average Bonchev–Trinajstić information content (AvgIpc) is 2.94. The molecule has 0 saturated carbocycles. The summed E-state index contributed by atoms with van der Waals surface area (Å²) >= 11 is 0. The van der Waals surface area contributed by atoms with Gasteiger partial charge >= 0.3 is 5.97 Å². The maximum Gasteiger partial charge on any atom is 0.323 e. The van der Waals surface area contributed by atoms with Gasteiger partial charge < -0.3 is 15.2 Å². The van der Waals surface area contributed by atoms with Gasteiger partial charge in [0.1, 0.15) is 17.4 Å².